The highest BCUT2D eigenvalue weighted by molar-refractivity contribution is 5.95. The molecular weight excluding hydrogens is 316 g/mol. The Balaban J connectivity index is 1.89. The number of hydrogen-bond acceptors (Lipinski definition) is 4. The van der Waals surface area contributed by atoms with Crippen LogP contribution in [-0.2, 0) is 6.54 Å². The van der Waals surface area contributed by atoms with E-state index in [9.17, 15) is 9.90 Å². The Morgan fingerprint density at radius 1 is 1.28 bits per heavy atom. The predicted octanol–water partition coefficient (Wildman–Crippen LogP) is 2.91. The van der Waals surface area contributed by atoms with Crippen LogP contribution in [0.2, 0.25) is 0 Å². The van der Waals surface area contributed by atoms with E-state index >= 15 is 0 Å². The second kappa shape index (κ2) is 7.66. The standard InChI is InChI=1S/C20H24N2O3/c1-14-7-10-17(19(21-14)15-8-9-15)20(24)22(11-12-23)13-16-5-3-4-6-18(16)25-2/h3-7,10,15,23H,8-9,11-13H2,1-2H3. The lowest BCUT2D eigenvalue weighted by Crippen LogP contribution is -2.34. The van der Waals surface area contributed by atoms with Crippen LogP contribution in [0.1, 0.15) is 46.1 Å². The van der Waals surface area contributed by atoms with Crippen molar-refractivity contribution in [2.75, 3.05) is 20.3 Å². The second-order valence-electron chi connectivity index (χ2n) is 6.42. The third kappa shape index (κ3) is 3.99. The number of aromatic nitrogens is 1. The molecule has 1 amide bonds. The maximum absolute atomic E-state index is 13.1. The zero-order chi connectivity index (χ0) is 17.8. The number of ether oxygens (including phenoxy) is 1. The van der Waals surface area contributed by atoms with Crippen LogP contribution in [-0.4, -0.2) is 41.2 Å². The van der Waals surface area contributed by atoms with E-state index < -0.39 is 0 Å². The average Bonchev–Trinajstić information content (AvgIpc) is 3.46. The van der Waals surface area contributed by atoms with Crippen LogP contribution < -0.4 is 4.74 Å². The van der Waals surface area contributed by atoms with Gasteiger partial charge >= 0.3 is 0 Å². The maximum Gasteiger partial charge on any atom is 0.256 e. The summed E-state index contributed by atoms with van der Waals surface area (Å²) < 4.78 is 5.38. The fraction of sp³-hybridized carbons (Fsp3) is 0.400. The summed E-state index contributed by atoms with van der Waals surface area (Å²) >= 11 is 0. The van der Waals surface area contributed by atoms with Gasteiger partial charge in [-0.1, -0.05) is 18.2 Å². The number of carbonyl (C=O) groups is 1. The molecule has 1 aliphatic rings. The fourth-order valence-electron chi connectivity index (χ4n) is 3.01. The number of nitrogens with zero attached hydrogens (tertiary/aromatic N) is 2. The van der Waals surface area contributed by atoms with E-state index in [1.807, 2.05) is 43.3 Å². The maximum atomic E-state index is 13.1. The summed E-state index contributed by atoms with van der Waals surface area (Å²) in [5, 5.41) is 9.43. The largest absolute Gasteiger partial charge is 0.496 e. The molecule has 1 saturated carbocycles. The molecule has 1 heterocycles. The number of pyridine rings is 1. The molecule has 1 N–H and O–H groups in total. The minimum Gasteiger partial charge on any atom is -0.496 e. The van der Waals surface area contributed by atoms with E-state index in [4.69, 9.17) is 4.74 Å². The zero-order valence-electron chi connectivity index (χ0n) is 14.7. The summed E-state index contributed by atoms with van der Waals surface area (Å²) in [7, 11) is 1.62. The number of carbonyl (C=O) groups excluding carboxylic acids is 1. The van der Waals surface area contributed by atoms with Crippen LogP contribution in [0.25, 0.3) is 0 Å². The van der Waals surface area contributed by atoms with Gasteiger partial charge in [0.15, 0.2) is 0 Å². The van der Waals surface area contributed by atoms with Crippen molar-refractivity contribution in [2.24, 2.45) is 0 Å². The first-order chi connectivity index (χ1) is 12.1. The number of aliphatic hydroxyl groups is 1. The molecule has 1 aliphatic carbocycles. The van der Waals surface area contributed by atoms with Gasteiger partial charge in [0.05, 0.1) is 25.0 Å². The predicted molar refractivity (Wildman–Crippen MR) is 95.8 cm³/mol. The second-order valence-corrected chi connectivity index (χ2v) is 6.42. The molecule has 1 fully saturated rings. The van der Waals surface area contributed by atoms with E-state index in [1.54, 1.807) is 12.0 Å². The van der Waals surface area contributed by atoms with Gasteiger partial charge in [-0.25, -0.2) is 0 Å². The van der Waals surface area contributed by atoms with E-state index in [0.717, 1.165) is 35.5 Å². The van der Waals surface area contributed by atoms with E-state index in [0.29, 0.717) is 18.0 Å². The first-order valence-corrected chi connectivity index (χ1v) is 8.63. The smallest absolute Gasteiger partial charge is 0.256 e. The first kappa shape index (κ1) is 17.4. The van der Waals surface area contributed by atoms with Crippen LogP contribution in [0.5, 0.6) is 5.75 Å². The van der Waals surface area contributed by atoms with Crippen LogP contribution in [0, 0.1) is 6.92 Å². The Morgan fingerprint density at radius 3 is 2.72 bits per heavy atom. The molecular formula is C20H24N2O3. The minimum atomic E-state index is -0.0886. The molecule has 0 atom stereocenters. The van der Waals surface area contributed by atoms with Gasteiger partial charge < -0.3 is 14.7 Å². The Kier molecular flexibility index (Phi) is 5.34. The molecule has 0 aliphatic heterocycles. The van der Waals surface area contributed by atoms with Crippen molar-refractivity contribution < 1.29 is 14.6 Å². The quantitative estimate of drug-likeness (QED) is 0.842. The van der Waals surface area contributed by atoms with Crippen LogP contribution in [0.3, 0.4) is 0 Å². The summed E-state index contributed by atoms with van der Waals surface area (Å²) in [6, 6.07) is 11.4. The van der Waals surface area contributed by atoms with Crippen molar-refractivity contribution in [3.63, 3.8) is 0 Å². The highest BCUT2D eigenvalue weighted by Crippen LogP contribution is 2.41. The Labute approximate surface area is 148 Å². The molecule has 5 heteroatoms. The molecule has 25 heavy (non-hydrogen) atoms. The zero-order valence-corrected chi connectivity index (χ0v) is 14.7. The number of rotatable bonds is 7. The highest BCUT2D eigenvalue weighted by Gasteiger charge is 2.31. The number of benzene rings is 1. The van der Waals surface area contributed by atoms with E-state index in [-0.39, 0.29) is 19.1 Å². The van der Waals surface area contributed by atoms with Gasteiger partial charge in [-0.15, -0.1) is 0 Å². The summed E-state index contributed by atoms with van der Waals surface area (Å²) in [6.07, 6.45) is 2.17. The van der Waals surface area contributed by atoms with Gasteiger partial charge in [-0.3, -0.25) is 9.78 Å². The van der Waals surface area contributed by atoms with Crippen molar-refractivity contribution >= 4 is 5.91 Å². The number of aliphatic hydroxyl groups excluding tert-OH is 1. The van der Waals surface area contributed by atoms with Crippen molar-refractivity contribution in [1.29, 1.82) is 0 Å². The van der Waals surface area contributed by atoms with Crippen molar-refractivity contribution in [3.05, 3.63) is 58.9 Å². The summed E-state index contributed by atoms with van der Waals surface area (Å²) in [5.41, 5.74) is 3.39. The van der Waals surface area contributed by atoms with Gasteiger partial charge in [-0.05, 0) is 38.0 Å². The Bertz CT molecular complexity index is 756. The van der Waals surface area contributed by atoms with E-state index in [1.165, 1.54) is 0 Å². The number of hydrogen-bond donors (Lipinski definition) is 1. The van der Waals surface area contributed by atoms with Crippen LogP contribution >= 0.6 is 0 Å². The number of para-hydroxylation sites is 1. The summed E-state index contributed by atoms with van der Waals surface area (Å²) in [6.45, 7) is 2.52. The van der Waals surface area contributed by atoms with Crippen LogP contribution in [0.15, 0.2) is 36.4 Å². The SMILES string of the molecule is COc1ccccc1CN(CCO)C(=O)c1ccc(C)nc1C1CC1. The lowest BCUT2D eigenvalue weighted by atomic mass is 10.1. The summed E-state index contributed by atoms with van der Waals surface area (Å²) in [5.74, 6) is 1.04. The van der Waals surface area contributed by atoms with Crippen molar-refractivity contribution in [3.8, 4) is 5.75 Å². The Hall–Kier alpha value is -2.40. The normalized spacial score (nSPS) is 13.6. The first-order valence-electron chi connectivity index (χ1n) is 8.63. The minimum absolute atomic E-state index is 0.0844. The third-order valence-electron chi connectivity index (χ3n) is 4.47. The van der Waals surface area contributed by atoms with Crippen molar-refractivity contribution in [2.45, 2.75) is 32.2 Å². The van der Waals surface area contributed by atoms with Crippen molar-refractivity contribution in [1.82, 2.24) is 9.88 Å². The highest BCUT2D eigenvalue weighted by atomic mass is 16.5. The lowest BCUT2D eigenvalue weighted by molar-refractivity contribution is 0.0705. The number of amides is 1. The molecule has 3 rings (SSSR count). The number of aryl methyl sites for hydroxylation is 1. The van der Waals surface area contributed by atoms with Gasteiger partial charge in [-0.2, -0.15) is 0 Å². The fourth-order valence-corrected chi connectivity index (χ4v) is 3.01. The molecule has 0 bridgehead atoms. The van der Waals surface area contributed by atoms with E-state index in [2.05, 4.69) is 4.98 Å². The van der Waals surface area contributed by atoms with Gasteiger partial charge in [0.2, 0.25) is 0 Å². The molecule has 0 spiro atoms. The molecule has 2 aromatic rings. The van der Waals surface area contributed by atoms with Gasteiger partial charge in [0.25, 0.3) is 5.91 Å². The van der Waals surface area contributed by atoms with Gasteiger partial charge in [0.1, 0.15) is 5.75 Å². The molecule has 132 valence electrons. The third-order valence-corrected chi connectivity index (χ3v) is 4.47. The average molecular weight is 340 g/mol. The van der Waals surface area contributed by atoms with Gasteiger partial charge in [0, 0.05) is 30.3 Å². The molecule has 0 saturated heterocycles. The Morgan fingerprint density at radius 2 is 2.04 bits per heavy atom. The lowest BCUT2D eigenvalue weighted by Gasteiger charge is -2.24. The van der Waals surface area contributed by atoms with Crippen LogP contribution in [0.4, 0.5) is 0 Å². The monoisotopic (exact) mass is 340 g/mol. The summed E-state index contributed by atoms with van der Waals surface area (Å²) in [4.78, 5) is 19.4. The number of methoxy groups -OCH3 is 1. The molecule has 1 aromatic carbocycles. The topological polar surface area (TPSA) is 62.7 Å². The molecule has 1 aromatic heterocycles. The molecule has 5 nitrogen and oxygen atoms in total. The molecule has 0 radical (unpaired) electrons. The molecule has 0 unspecified atom stereocenters.